The van der Waals surface area contributed by atoms with Crippen LogP contribution < -0.4 is 5.32 Å². The molecule has 2 heterocycles. The van der Waals surface area contributed by atoms with Crippen LogP contribution in [0.1, 0.15) is 26.7 Å². The average molecular weight is 423 g/mol. The number of rotatable bonds is 7. The topological polar surface area (TPSA) is 80.9 Å². The van der Waals surface area contributed by atoms with E-state index in [0.29, 0.717) is 22.1 Å². The molecular formula is C21H18N4O2S2. The molecule has 4 aromatic rings. The van der Waals surface area contributed by atoms with Gasteiger partial charge in [-0.1, -0.05) is 77.2 Å². The summed E-state index contributed by atoms with van der Waals surface area (Å²) in [6, 6.07) is 19.8. The Morgan fingerprint density at radius 1 is 1.03 bits per heavy atom. The lowest BCUT2D eigenvalue weighted by molar-refractivity contribution is 0.102. The number of hydrogen-bond donors (Lipinski definition) is 1. The highest BCUT2D eigenvalue weighted by atomic mass is 32.2. The second-order valence-electron chi connectivity index (χ2n) is 6.26. The van der Waals surface area contributed by atoms with Crippen LogP contribution in [0.2, 0.25) is 0 Å². The molecule has 6 nitrogen and oxygen atoms in total. The van der Waals surface area contributed by atoms with Crippen LogP contribution in [0.5, 0.6) is 0 Å². The van der Waals surface area contributed by atoms with E-state index in [1.165, 1.54) is 16.9 Å². The number of carbonyl (C=O) groups is 1. The summed E-state index contributed by atoms with van der Waals surface area (Å²) >= 11 is 3.14. The van der Waals surface area contributed by atoms with Gasteiger partial charge in [0.15, 0.2) is 0 Å². The fourth-order valence-electron chi connectivity index (χ4n) is 2.79. The molecule has 0 aliphatic carbocycles. The Kier molecular flexibility index (Phi) is 6.02. The van der Waals surface area contributed by atoms with Crippen molar-refractivity contribution in [2.75, 3.05) is 5.32 Å². The Balaban J connectivity index is 1.40. The van der Waals surface area contributed by atoms with Gasteiger partial charge in [-0.05, 0) is 12.5 Å². The smallest absolute Gasteiger partial charge is 0.263 e. The quantitative estimate of drug-likeness (QED) is 0.442. The molecule has 0 spiro atoms. The van der Waals surface area contributed by atoms with Gasteiger partial charge in [0.25, 0.3) is 5.91 Å². The number of thioether (sulfide) groups is 1. The van der Waals surface area contributed by atoms with E-state index in [4.69, 9.17) is 4.52 Å². The van der Waals surface area contributed by atoms with E-state index in [1.807, 2.05) is 48.5 Å². The first-order valence-electron chi connectivity index (χ1n) is 8.98. The highest BCUT2D eigenvalue weighted by Crippen LogP contribution is 2.27. The van der Waals surface area contributed by atoms with Crippen LogP contribution in [0.3, 0.4) is 0 Å². The number of amides is 1. The molecule has 0 aliphatic heterocycles. The largest absolute Gasteiger partial charge is 0.360 e. The van der Waals surface area contributed by atoms with Crippen molar-refractivity contribution in [1.82, 2.24) is 15.4 Å². The zero-order valence-corrected chi connectivity index (χ0v) is 17.3. The number of benzene rings is 2. The average Bonchev–Trinajstić information content (AvgIpc) is 3.36. The molecule has 0 saturated heterocycles. The lowest BCUT2D eigenvalue weighted by Gasteiger charge is -2.02. The number of nitrogens with zero attached hydrogens (tertiary/aromatic N) is 3. The second kappa shape index (κ2) is 9.02. The van der Waals surface area contributed by atoms with Gasteiger partial charge in [-0.2, -0.15) is 0 Å². The lowest BCUT2D eigenvalue weighted by atomic mass is 10.1. The number of aryl methyl sites for hydroxylation is 1. The third kappa shape index (κ3) is 4.72. The van der Waals surface area contributed by atoms with Crippen LogP contribution in [0, 0.1) is 6.92 Å². The van der Waals surface area contributed by atoms with Gasteiger partial charge in [0.05, 0.1) is 0 Å². The molecule has 2 aromatic heterocycles. The summed E-state index contributed by atoms with van der Waals surface area (Å²) in [5.74, 6) is 1.80. The van der Waals surface area contributed by atoms with Gasteiger partial charge in [-0.3, -0.25) is 10.1 Å². The van der Waals surface area contributed by atoms with Crippen LogP contribution in [-0.2, 0) is 11.5 Å². The van der Waals surface area contributed by atoms with Crippen molar-refractivity contribution < 1.29 is 9.32 Å². The number of carbonyl (C=O) groups excluding carboxylic acids is 1. The number of hydrogen-bond acceptors (Lipinski definition) is 7. The molecule has 146 valence electrons. The first kappa shape index (κ1) is 19.4. The zero-order valence-electron chi connectivity index (χ0n) is 15.7. The first-order chi connectivity index (χ1) is 14.2. The Morgan fingerprint density at radius 3 is 2.52 bits per heavy atom. The Bertz CT molecular complexity index is 1090. The zero-order chi connectivity index (χ0) is 20.1. The number of anilines is 1. The predicted octanol–water partition coefficient (Wildman–Crippen LogP) is 5.19. The molecule has 29 heavy (non-hydrogen) atoms. The molecule has 1 N–H and O–H groups in total. The van der Waals surface area contributed by atoms with E-state index in [1.54, 1.807) is 18.7 Å². The van der Waals surface area contributed by atoms with Gasteiger partial charge in [-0.25, -0.2) is 0 Å². The van der Waals surface area contributed by atoms with Crippen molar-refractivity contribution in [2.45, 2.75) is 18.4 Å². The van der Waals surface area contributed by atoms with E-state index < -0.39 is 0 Å². The van der Waals surface area contributed by atoms with E-state index in [0.717, 1.165) is 22.1 Å². The molecule has 0 saturated carbocycles. The fourth-order valence-corrected chi connectivity index (χ4v) is 4.56. The molecule has 2 aromatic carbocycles. The summed E-state index contributed by atoms with van der Waals surface area (Å²) in [6.45, 7) is 1.72. The van der Waals surface area contributed by atoms with Crippen molar-refractivity contribution in [2.24, 2.45) is 0 Å². The summed E-state index contributed by atoms with van der Waals surface area (Å²) in [5.41, 5.74) is 3.02. The molecule has 0 atom stereocenters. The third-order valence-corrected chi connectivity index (χ3v) is 6.20. The maximum Gasteiger partial charge on any atom is 0.263 e. The van der Waals surface area contributed by atoms with Gasteiger partial charge >= 0.3 is 0 Å². The normalized spacial score (nSPS) is 10.8. The van der Waals surface area contributed by atoms with Gasteiger partial charge in [0.2, 0.25) is 5.13 Å². The maximum absolute atomic E-state index is 12.8. The van der Waals surface area contributed by atoms with Gasteiger partial charge in [-0.15, -0.1) is 22.0 Å². The minimum Gasteiger partial charge on any atom is -0.360 e. The molecule has 0 bridgehead atoms. The number of aromatic nitrogens is 3. The van der Waals surface area contributed by atoms with Crippen molar-refractivity contribution in [3.63, 3.8) is 0 Å². The minimum atomic E-state index is -0.303. The van der Waals surface area contributed by atoms with E-state index in [-0.39, 0.29) is 5.91 Å². The summed E-state index contributed by atoms with van der Waals surface area (Å²) in [4.78, 5) is 12.8. The van der Waals surface area contributed by atoms with Gasteiger partial charge in [0, 0.05) is 17.1 Å². The highest BCUT2D eigenvalue weighted by Gasteiger charge is 2.22. The first-order valence-corrected chi connectivity index (χ1v) is 10.9. The van der Waals surface area contributed by atoms with Crippen LogP contribution >= 0.6 is 23.1 Å². The Hall–Kier alpha value is -2.97. The van der Waals surface area contributed by atoms with Crippen molar-refractivity contribution in [1.29, 1.82) is 0 Å². The van der Waals surface area contributed by atoms with Crippen molar-refractivity contribution >= 4 is 34.1 Å². The van der Waals surface area contributed by atoms with Crippen LogP contribution in [0.4, 0.5) is 5.13 Å². The van der Waals surface area contributed by atoms with Gasteiger partial charge < -0.3 is 4.52 Å². The molecule has 8 heteroatoms. The molecule has 0 aliphatic rings. The SMILES string of the molecule is Cc1onc(-c2ccccc2)c1C(=O)Nc1nnc(CSCc2ccccc2)s1. The molecule has 0 unspecified atom stereocenters. The van der Waals surface area contributed by atoms with E-state index in [2.05, 4.69) is 32.8 Å². The minimum absolute atomic E-state index is 0.303. The fraction of sp³-hybridized carbons (Fsp3) is 0.143. The molecule has 0 radical (unpaired) electrons. The van der Waals surface area contributed by atoms with Crippen LogP contribution in [0.15, 0.2) is 65.2 Å². The monoisotopic (exact) mass is 422 g/mol. The van der Waals surface area contributed by atoms with E-state index in [9.17, 15) is 4.79 Å². The van der Waals surface area contributed by atoms with Crippen LogP contribution in [-0.4, -0.2) is 21.3 Å². The Labute approximate surface area is 176 Å². The number of nitrogens with one attached hydrogen (secondary N) is 1. The Morgan fingerprint density at radius 2 is 1.76 bits per heavy atom. The van der Waals surface area contributed by atoms with Crippen molar-refractivity contribution in [3.05, 3.63) is 82.6 Å². The standard InChI is InChI=1S/C21H18N4O2S2/c1-14-18(19(25-27-14)16-10-6-3-7-11-16)20(26)22-21-24-23-17(29-21)13-28-12-15-8-4-2-5-9-15/h2-11H,12-13H2,1H3,(H,22,24,26). The summed E-state index contributed by atoms with van der Waals surface area (Å²) in [7, 11) is 0. The summed E-state index contributed by atoms with van der Waals surface area (Å²) in [5, 5.41) is 16.5. The predicted molar refractivity (Wildman–Crippen MR) is 116 cm³/mol. The highest BCUT2D eigenvalue weighted by molar-refractivity contribution is 7.97. The molecule has 4 rings (SSSR count). The van der Waals surface area contributed by atoms with E-state index >= 15 is 0 Å². The molecular weight excluding hydrogens is 404 g/mol. The van der Waals surface area contributed by atoms with Crippen molar-refractivity contribution in [3.8, 4) is 11.3 Å². The third-order valence-electron chi connectivity index (χ3n) is 4.16. The van der Waals surface area contributed by atoms with Gasteiger partial charge in [0.1, 0.15) is 22.0 Å². The van der Waals surface area contributed by atoms with Crippen LogP contribution in [0.25, 0.3) is 11.3 Å². The summed E-state index contributed by atoms with van der Waals surface area (Å²) in [6.07, 6.45) is 0. The second-order valence-corrected chi connectivity index (χ2v) is 8.31. The maximum atomic E-state index is 12.8. The summed E-state index contributed by atoms with van der Waals surface area (Å²) < 4.78 is 5.26. The molecule has 0 fully saturated rings. The lowest BCUT2D eigenvalue weighted by Crippen LogP contribution is -2.13. The molecule has 1 amide bonds.